The van der Waals surface area contributed by atoms with Gasteiger partial charge in [-0.25, -0.2) is 0 Å². The smallest absolute Gasteiger partial charge is 0.0352 e. The summed E-state index contributed by atoms with van der Waals surface area (Å²) in [6.07, 6.45) is 13.1. The van der Waals surface area contributed by atoms with Crippen molar-refractivity contribution in [2.45, 2.75) is 78.1 Å². The van der Waals surface area contributed by atoms with E-state index in [0.29, 0.717) is 0 Å². The molecule has 2 heteroatoms. The van der Waals surface area contributed by atoms with Gasteiger partial charge in [-0.3, -0.25) is 0 Å². The molecule has 1 aromatic rings. The minimum atomic E-state index is 1.19. The van der Waals surface area contributed by atoms with Gasteiger partial charge in [-0.05, 0) is 74.7 Å². The third kappa shape index (κ3) is 6.30. The predicted molar refractivity (Wildman–Crippen MR) is 97.5 cm³/mol. The lowest BCUT2D eigenvalue weighted by Crippen LogP contribution is -1.98. The van der Waals surface area contributed by atoms with E-state index in [2.05, 4.69) is 57.8 Å². The highest BCUT2D eigenvalue weighted by Gasteiger charge is 2.09. The average molecular weight is 404 g/mol. The van der Waals surface area contributed by atoms with Gasteiger partial charge >= 0.3 is 0 Å². The lowest BCUT2D eigenvalue weighted by atomic mass is 9.97. The Hall–Kier alpha value is 0.180. The highest BCUT2D eigenvalue weighted by atomic mass is 79.9. The van der Waals surface area contributed by atoms with Crippen LogP contribution in [0.2, 0.25) is 0 Å². The normalized spacial score (nSPS) is 11.0. The van der Waals surface area contributed by atoms with Crippen LogP contribution in [0.3, 0.4) is 0 Å². The molecule has 0 amide bonds. The van der Waals surface area contributed by atoms with Gasteiger partial charge in [-0.15, -0.1) is 0 Å². The van der Waals surface area contributed by atoms with E-state index in [1.54, 1.807) is 5.56 Å². The van der Waals surface area contributed by atoms with Crippen molar-refractivity contribution in [3.63, 3.8) is 0 Å². The second kappa shape index (κ2) is 10.8. The third-order valence-corrected chi connectivity index (χ3v) is 5.97. The number of unbranched alkanes of at least 4 members (excludes halogenated alkanes) is 6. The van der Waals surface area contributed by atoms with Crippen molar-refractivity contribution < 1.29 is 0 Å². The zero-order chi connectivity index (χ0) is 14.8. The van der Waals surface area contributed by atoms with Crippen LogP contribution in [0.4, 0.5) is 0 Å². The maximum absolute atomic E-state index is 3.78. The first-order chi connectivity index (χ1) is 9.70. The lowest BCUT2D eigenvalue weighted by molar-refractivity contribution is 0.649. The molecule has 0 aliphatic heterocycles. The van der Waals surface area contributed by atoms with Crippen LogP contribution >= 0.6 is 31.9 Å². The van der Waals surface area contributed by atoms with E-state index in [0.717, 1.165) is 0 Å². The number of rotatable bonds is 10. The fourth-order valence-electron chi connectivity index (χ4n) is 2.61. The van der Waals surface area contributed by atoms with Crippen molar-refractivity contribution in [3.05, 3.63) is 32.2 Å². The van der Waals surface area contributed by atoms with Crippen molar-refractivity contribution in [1.82, 2.24) is 0 Å². The minimum absolute atomic E-state index is 1.19. The van der Waals surface area contributed by atoms with Gasteiger partial charge in [0.2, 0.25) is 0 Å². The molecule has 0 saturated heterocycles. The summed E-state index contributed by atoms with van der Waals surface area (Å²) in [6.45, 7) is 4.55. The Bertz CT molecular complexity index is 385. The Labute approximate surface area is 142 Å². The molecule has 0 aliphatic carbocycles. The van der Waals surface area contributed by atoms with Gasteiger partial charge in [-0.1, -0.05) is 58.4 Å². The lowest BCUT2D eigenvalue weighted by Gasteiger charge is -2.13. The molecule has 1 rings (SSSR count). The Morgan fingerprint density at radius 1 is 0.750 bits per heavy atom. The van der Waals surface area contributed by atoms with Gasteiger partial charge in [0, 0.05) is 8.95 Å². The Balaban J connectivity index is 2.64. The summed E-state index contributed by atoms with van der Waals surface area (Å²) in [5.41, 5.74) is 3.08. The summed E-state index contributed by atoms with van der Waals surface area (Å²) < 4.78 is 2.47. The number of benzene rings is 1. The second-order valence-electron chi connectivity index (χ2n) is 5.62. The van der Waals surface area contributed by atoms with Crippen LogP contribution in [0, 0.1) is 0 Å². The van der Waals surface area contributed by atoms with Crippen LogP contribution in [-0.4, -0.2) is 0 Å². The molecule has 0 saturated carbocycles. The first-order valence-electron chi connectivity index (χ1n) is 8.16. The highest BCUT2D eigenvalue weighted by molar-refractivity contribution is 9.13. The standard InChI is InChI=1S/C18H28Br2/c1-3-5-7-9-11-15-13-14-17(19)18(20)16(15)12-10-8-6-4-2/h13-14H,3-12H2,1-2H3. The molecule has 0 nitrogen and oxygen atoms in total. The van der Waals surface area contributed by atoms with Crippen molar-refractivity contribution in [1.29, 1.82) is 0 Å². The van der Waals surface area contributed by atoms with Gasteiger partial charge in [0.05, 0.1) is 0 Å². The first-order valence-corrected chi connectivity index (χ1v) is 9.75. The van der Waals surface area contributed by atoms with Crippen LogP contribution in [0.25, 0.3) is 0 Å². The summed E-state index contributed by atoms with van der Waals surface area (Å²) in [5.74, 6) is 0. The predicted octanol–water partition coefficient (Wildman–Crippen LogP) is 7.46. The monoisotopic (exact) mass is 402 g/mol. The Morgan fingerprint density at radius 3 is 1.95 bits per heavy atom. The van der Waals surface area contributed by atoms with Crippen LogP contribution in [0.1, 0.15) is 76.3 Å². The summed E-state index contributed by atoms with van der Waals surface area (Å²) in [5, 5.41) is 0. The van der Waals surface area contributed by atoms with E-state index in [1.165, 1.54) is 78.7 Å². The molecule has 0 spiro atoms. The first kappa shape index (κ1) is 18.2. The molecular weight excluding hydrogens is 376 g/mol. The van der Waals surface area contributed by atoms with E-state index < -0.39 is 0 Å². The highest BCUT2D eigenvalue weighted by Crippen LogP contribution is 2.31. The SMILES string of the molecule is CCCCCCc1ccc(Br)c(Br)c1CCCCCC. The van der Waals surface area contributed by atoms with Gasteiger partial charge in [-0.2, -0.15) is 0 Å². The van der Waals surface area contributed by atoms with Gasteiger partial charge in [0.1, 0.15) is 0 Å². The number of hydrogen-bond acceptors (Lipinski definition) is 0. The quantitative estimate of drug-likeness (QED) is 0.355. The van der Waals surface area contributed by atoms with E-state index in [9.17, 15) is 0 Å². The van der Waals surface area contributed by atoms with Crippen molar-refractivity contribution >= 4 is 31.9 Å². The topological polar surface area (TPSA) is 0 Å². The molecule has 114 valence electrons. The summed E-state index contributed by atoms with van der Waals surface area (Å²) in [6, 6.07) is 4.50. The molecule has 0 N–H and O–H groups in total. The zero-order valence-corrected chi connectivity index (χ0v) is 16.2. The van der Waals surface area contributed by atoms with Crippen molar-refractivity contribution in [2.24, 2.45) is 0 Å². The van der Waals surface area contributed by atoms with Gasteiger partial charge in [0.25, 0.3) is 0 Å². The molecule has 0 aromatic heterocycles. The summed E-state index contributed by atoms with van der Waals surface area (Å²) in [7, 11) is 0. The molecule has 0 fully saturated rings. The average Bonchev–Trinajstić information content (AvgIpc) is 2.45. The molecule has 0 unspecified atom stereocenters. The Kier molecular flexibility index (Phi) is 9.88. The Morgan fingerprint density at radius 2 is 1.35 bits per heavy atom. The van der Waals surface area contributed by atoms with E-state index in [4.69, 9.17) is 0 Å². The molecule has 0 radical (unpaired) electrons. The molecule has 0 aliphatic rings. The molecule has 1 aromatic carbocycles. The van der Waals surface area contributed by atoms with E-state index in [-0.39, 0.29) is 0 Å². The summed E-state index contributed by atoms with van der Waals surface area (Å²) >= 11 is 7.43. The van der Waals surface area contributed by atoms with E-state index in [1.807, 2.05) is 0 Å². The number of hydrogen-bond donors (Lipinski definition) is 0. The molecule has 0 heterocycles. The van der Waals surface area contributed by atoms with Crippen LogP contribution in [0.15, 0.2) is 21.1 Å². The molecule has 0 atom stereocenters. The van der Waals surface area contributed by atoms with Crippen LogP contribution in [0.5, 0.6) is 0 Å². The largest absolute Gasteiger partial charge is 0.0654 e. The fraction of sp³-hybridized carbons (Fsp3) is 0.667. The second-order valence-corrected chi connectivity index (χ2v) is 7.27. The molecular formula is C18H28Br2. The maximum Gasteiger partial charge on any atom is 0.0352 e. The van der Waals surface area contributed by atoms with Crippen molar-refractivity contribution in [2.75, 3.05) is 0 Å². The number of halogens is 2. The minimum Gasteiger partial charge on any atom is -0.0654 e. The fourth-order valence-corrected chi connectivity index (χ4v) is 3.56. The van der Waals surface area contributed by atoms with Crippen molar-refractivity contribution in [3.8, 4) is 0 Å². The van der Waals surface area contributed by atoms with Gasteiger partial charge in [0.15, 0.2) is 0 Å². The zero-order valence-electron chi connectivity index (χ0n) is 13.0. The number of aryl methyl sites for hydroxylation is 1. The van der Waals surface area contributed by atoms with Crippen LogP contribution in [-0.2, 0) is 12.8 Å². The van der Waals surface area contributed by atoms with E-state index >= 15 is 0 Å². The maximum atomic E-state index is 3.78. The summed E-state index contributed by atoms with van der Waals surface area (Å²) in [4.78, 5) is 0. The molecule has 0 bridgehead atoms. The molecule has 20 heavy (non-hydrogen) atoms. The van der Waals surface area contributed by atoms with Crippen LogP contribution < -0.4 is 0 Å². The third-order valence-electron chi connectivity index (χ3n) is 3.87. The van der Waals surface area contributed by atoms with Gasteiger partial charge < -0.3 is 0 Å².